The van der Waals surface area contributed by atoms with E-state index >= 15 is 0 Å². The molecule has 0 aliphatic carbocycles. The fraction of sp³-hybridized carbons (Fsp3) is 0.533. The summed E-state index contributed by atoms with van der Waals surface area (Å²) in [6.45, 7) is 0.278. The monoisotopic (exact) mass is 294 g/mol. The first kappa shape index (κ1) is 15.2. The zero-order chi connectivity index (χ0) is 14.2. The Bertz CT molecular complexity index is 408. The van der Waals surface area contributed by atoms with Gasteiger partial charge in [0.1, 0.15) is 0 Å². The second-order valence-electron chi connectivity index (χ2n) is 5.11. The molecule has 110 valence electrons. The van der Waals surface area contributed by atoms with Crippen LogP contribution in [0.2, 0.25) is 0 Å². The molecule has 4 nitrogen and oxygen atoms in total. The van der Waals surface area contributed by atoms with Crippen molar-refractivity contribution in [2.75, 3.05) is 18.1 Å². The first-order chi connectivity index (χ1) is 9.74. The van der Waals surface area contributed by atoms with Crippen LogP contribution in [-0.2, 0) is 6.42 Å². The van der Waals surface area contributed by atoms with Gasteiger partial charge in [-0.3, -0.25) is 0 Å². The molecular formula is C15H22N2O2S. The summed E-state index contributed by atoms with van der Waals surface area (Å²) in [5.41, 5.74) is 1.07. The molecule has 5 heteroatoms. The quantitative estimate of drug-likeness (QED) is 0.776. The highest BCUT2D eigenvalue weighted by atomic mass is 32.2. The largest absolute Gasteiger partial charge is 0.391 e. The zero-order valence-corrected chi connectivity index (χ0v) is 12.4. The fourth-order valence-electron chi connectivity index (χ4n) is 2.26. The molecule has 2 rings (SSSR count). The molecule has 0 saturated carbocycles. The van der Waals surface area contributed by atoms with Crippen molar-refractivity contribution in [2.24, 2.45) is 0 Å². The molecule has 1 aliphatic heterocycles. The summed E-state index contributed by atoms with van der Waals surface area (Å²) in [7, 11) is 0. The molecule has 3 N–H and O–H groups in total. The fourth-order valence-corrected chi connectivity index (χ4v) is 3.33. The number of aliphatic hydroxyl groups excluding tert-OH is 1. The van der Waals surface area contributed by atoms with Gasteiger partial charge in [0, 0.05) is 24.8 Å². The van der Waals surface area contributed by atoms with Crippen LogP contribution in [0.5, 0.6) is 0 Å². The SMILES string of the molecule is O=C(NCC(O)Cc1ccccc1)NC1CCCSC1. The Labute approximate surface area is 124 Å². The third-order valence-corrected chi connectivity index (χ3v) is 4.52. The minimum Gasteiger partial charge on any atom is -0.391 e. The van der Waals surface area contributed by atoms with Crippen LogP contribution in [0.3, 0.4) is 0 Å². The van der Waals surface area contributed by atoms with Crippen molar-refractivity contribution in [1.82, 2.24) is 10.6 Å². The highest BCUT2D eigenvalue weighted by Crippen LogP contribution is 2.16. The Hall–Kier alpha value is -1.20. The van der Waals surface area contributed by atoms with Crippen LogP contribution in [0.1, 0.15) is 18.4 Å². The Morgan fingerprint density at radius 3 is 2.90 bits per heavy atom. The van der Waals surface area contributed by atoms with E-state index in [1.54, 1.807) is 0 Å². The maximum atomic E-state index is 11.7. The third-order valence-electron chi connectivity index (χ3n) is 3.31. The van der Waals surface area contributed by atoms with Gasteiger partial charge in [0.2, 0.25) is 0 Å². The van der Waals surface area contributed by atoms with Crippen molar-refractivity contribution in [3.63, 3.8) is 0 Å². The topological polar surface area (TPSA) is 61.4 Å². The lowest BCUT2D eigenvalue weighted by Gasteiger charge is -2.23. The van der Waals surface area contributed by atoms with E-state index in [4.69, 9.17) is 0 Å². The lowest BCUT2D eigenvalue weighted by atomic mass is 10.1. The van der Waals surface area contributed by atoms with Crippen LogP contribution in [-0.4, -0.2) is 41.3 Å². The molecule has 2 amide bonds. The number of urea groups is 1. The van der Waals surface area contributed by atoms with Crippen molar-refractivity contribution in [3.05, 3.63) is 35.9 Å². The van der Waals surface area contributed by atoms with Crippen LogP contribution < -0.4 is 10.6 Å². The van der Waals surface area contributed by atoms with Crippen molar-refractivity contribution in [3.8, 4) is 0 Å². The molecule has 2 unspecified atom stereocenters. The van der Waals surface area contributed by atoms with Gasteiger partial charge in [-0.1, -0.05) is 30.3 Å². The van der Waals surface area contributed by atoms with E-state index in [9.17, 15) is 9.90 Å². The Balaban J connectivity index is 1.64. The number of amides is 2. The minimum atomic E-state index is -0.552. The van der Waals surface area contributed by atoms with Gasteiger partial charge >= 0.3 is 6.03 Å². The van der Waals surface area contributed by atoms with E-state index in [0.717, 1.165) is 24.2 Å². The predicted molar refractivity (Wildman–Crippen MR) is 83.0 cm³/mol. The van der Waals surface area contributed by atoms with E-state index in [-0.39, 0.29) is 18.6 Å². The van der Waals surface area contributed by atoms with Crippen LogP contribution >= 0.6 is 11.8 Å². The van der Waals surface area contributed by atoms with Crippen LogP contribution in [0, 0.1) is 0 Å². The van der Waals surface area contributed by atoms with E-state index in [1.165, 1.54) is 5.75 Å². The van der Waals surface area contributed by atoms with E-state index in [0.29, 0.717) is 6.42 Å². The number of carbonyl (C=O) groups excluding carboxylic acids is 1. The molecule has 1 heterocycles. The van der Waals surface area contributed by atoms with Gasteiger partial charge in [0.15, 0.2) is 0 Å². The Kier molecular flexibility index (Phi) is 6.21. The van der Waals surface area contributed by atoms with Gasteiger partial charge in [0.05, 0.1) is 6.10 Å². The first-order valence-corrected chi connectivity index (χ1v) is 8.23. The van der Waals surface area contributed by atoms with Gasteiger partial charge in [-0.05, 0) is 24.2 Å². The molecule has 1 aliphatic rings. The molecule has 1 fully saturated rings. The molecule has 0 aromatic heterocycles. The number of benzene rings is 1. The van der Waals surface area contributed by atoms with Gasteiger partial charge < -0.3 is 15.7 Å². The van der Waals surface area contributed by atoms with Gasteiger partial charge in [-0.25, -0.2) is 4.79 Å². The molecule has 0 spiro atoms. The van der Waals surface area contributed by atoms with Crippen molar-refractivity contribution >= 4 is 17.8 Å². The number of nitrogens with one attached hydrogen (secondary N) is 2. The van der Waals surface area contributed by atoms with Gasteiger partial charge in [0.25, 0.3) is 0 Å². The lowest BCUT2D eigenvalue weighted by molar-refractivity contribution is 0.170. The summed E-state index contributed by atoms with van der Waals surface area (Å²) >= 11 is 1.88. The van der Waals surface area contributed by atoms with Crippen LogP contribution in [0.4, 0.5) is 4.79 Å². The van der Waals surface area contributed by atoms with Crippen molar-refractivity contribution < 1.29 is 9.90 Å². The zero-order valence-electron chi connectivity index (χ0n) is 11.5. The van der Waals surface area contributed by atoms with Crippen molar-refractivity contribution in [2.45, 2.75) is 31.4 Å². The molecule has 20 heavy (non-hydrogen) atoms. The number of hydrogen-bond donors (Lipinski definition) is 3. The minimum absolute atomic E-state index is 0.176. The van der Waals surface area contributed by atoms with Crippen LogP contribution in [0.25, 0.3) is 0 Å². The molecule has 0 bridgehead atoms. The molecule has 1 aromatic rings. The highest BCUT2D eigenvalue weighted by Gasteiger charge is 2.16. The van der Waals surface area contributed by atoms with E-state index in [1.807, 2.05) is 42.1 Å². The Morgan fingerprint density at radius 2 is 2.20 bits per heavy atom. The summed E-state index contributed by atoms with van der Waals surface area (Å²) in [6, 6.07) is 9.88. The molecular weight excluding hydrogens is 272 g/mol. The highest BCUT2D eigenvalue weighted by molar-refractivity contribution is 7.99. The summed E-state index contributed by atoms with van der Waals surface area (Å²) in [6.07, 6.45) is 2.21. The Morgan fingerprint density at radius 1 is 1.40 bits per heavy atom. The number of aliphatic hydroxyl groups is 1. The predicted octanol–water partition coefficient (Wildman–Crippen LogP) is 1.78. The molecule has 0 radical (unpaired) electrons. The number of carbonyl (C=O) groups is 1. The second-order valence-corrected chi connectivity index (χ2v) is 6.26. The number of thioether (sulfide) groups is 1. The van der Waals surface area contributed by atoms with E-state index < -0.39 is 6.10 Å². The second kappa shape index (κ2) is 8.17. The first-order valence-electron chi connectivity index (χ1n) is 7.08. The summed E-state index contributed by atoms with van der Waals surface area (Å²) in [4.78, 5) is 11.7. The number of hydrogen-bond acceptors (Lipinski definition) is 3. The van der Waals surface area contributed by atoms with Gasteiger partial charge in [-0.2, -0.15) is 11.8 Å². The molecule has 1 aromatic carbocycles. The molecule has 1 saturated heterocycles. The molecule has 2 atom stereocenters. The standard InChI is InChI=1S/C15H22N2O2S/c18-14(9-12-5-2-1-3-6-12)10-16-15(19)17-13-7-4-8-20-11-13/h1-3,5-6,13-14,18H,4,7-11H2,(H2,16,17,19). The lowest BCUT2D eigenvalue weighted by Crippen LogP contribution is -2.46. The van der Waals surface area contributed by atoms with Gasteiger partial charge in [-0.15, -0.1) is 0 Å². The maximum absolute atomic E-state index is 11.7. The maximum Gasteiger partial charge on any atom is 0.315 e. The normalized spacial score (nSPS) is 20.1. The summed E-state index contributed by atoms with van der Waals surface area (Å²) in [5.74, 6) is 2.18. The smallest absolute Gasteiger partial charge is 0.315 e. The summed E-state index contributed by atoms with van der Waals surface area (Å²) < 4.78 is 0. The summed E-state index contributed by atoms with van der Waals surface area (Å²) in [5, 5.41) is 15.6. The van der Waals surface area contributed by atoms with E-state index in [2.05, 4.69) is 10.6 Å². The third kappa shape index (κ3) is 5.43. The average Bonchev–Trinajstić information content (AvgIpc) is 2.47. The van der Waals surface area contributed by atoms with Crippen LogP contribution in [0.15, 0.2) is 30.3 Å². The average molecular weight is 294 g/mol. The van der Waals surface area contributed by atoms with Crippen molar-refractivity contribution in [1.29, 1.82) is 0 Å². The number of rotatable bonds is 5.